The molecule has 16 nitrogen and oxygen atoms in total. The van der Waals surface area contributed by atoms with Gasteiger partial charge in [-0.2, -0.15) is 0 Å². The number of hydrogen-bond acceptors (Lipinski definition) is 11. The lowest BCUT2D eigenvalue weighted by molar-refractivity contribution is -0.143. The van der Waals surface area contributed by atoms with E-state index in [0.717, 1.165) is 82.5 Å². The number of H-pyrrole nitrogens is 2. The van der Waals surface area contributed by atoms with Crippen LogP contribution in [0.25, 0.3) is 44.2 Å². The topological polar surface area (TPSA) is 202 Å². The maximum absolute atomic E-state index is 13.7. The van der Waals surface area contributed by atoms with Crippen LogP contribution in [0.2, 0.25) is 0 Å². The number of nitrogens with one attached hydrogen (secondary N) is 5. The monoisotopic (exact) mass is 840 g/mol. The number of aryl methyl sites for hydroxylation is 1. The van der Waals surface area contributed by atoms with Crippen LogP contribution in [0, 0.1) is 5.92 Å². The van der Waals surface area contributed by atoms with Crippen LogP contribution in [0.4, 0.5) is 4.79 Å². The van der Waals surface area contributed by atoms with E-state index < -0.39 is 18.2 Å². The fraction of sp³-hybridized carbons (Fsp3) is 0.467. The normalized spacial score (nSPS) is 15.5. The highest BCUT2D eigenvalue weighted by molar-refractivity contribution is 5.92. The van der Waals surface area contributed by atoms with Crippen molar-refractivity contribution in [3.63, 3.8) is 0 Å². The highest BCUT2D eigenvalue weighted by Crippen LogP contribution is 2.31. The van der Waals surface area contributed by atoms with Crippen LogP contribution >= 0.6 is 0 Å². The molecule has 0 bridgehead atoms. The van der Waals surface area contributed by atoms with Crippen LogP contribution in [-0.2, 0) is 39.8 Å². The van der Waals surface area contributed by atoms with Gasteiger partial charge < -0.3 is 49.8 Å². The predicted molar refractivity (Wildman–Crippen MR) is 234 cm³/mol. The first-order chi connectivity index (χ1) is 29.6. The Bertz CT molecular complexity index is 2170. The van der Waals surface area contributed by atoms with Crippen molar-refractivity contribution in [2.24, 2.45) is 5.92 Å². The van der Waals surface area contributed by atoms with Crippen molar-refractivity contribution in [3.8, 4) is 22.4 Å². The predicted octanol–water partition coefficient (Wildman–Crippen LogP) is 5.69. The van der Waals surface area contributed by atoms with E-state index in [1.165, 1.54) is 33.5 Å². The summed E-state index contributed by atoms with van der Waals surface area (Å²) in [5, 5.41) is 10.7. The van der Waals surface area contributed by atoms with E-state index in [2.05, 4.69) is 84.2 Å². The Kier molecular flexibility index (Phi) is 18.1. The van der Waals surface area contributed by atoms with E-state index in [9.17, 15) is 14.4 Å². The third-order valence-electron chi connectivity index (χ3n) is 10.4. The highest BCUT2D eigenvalue weighted by atomic mass is 16.5. The molecule has 5 N–H and O–H groups in total. The number of rotatable bonds is 14. The number of imidazole rings is 2. The zero-order valence-corrected chi connectivity index (χ0v) is 35.9. The largest absolute Gasteiger partial charge is 0.471 e. The Morgan fingerprint density at radius 2 is 1.62 bits per heavy atom. The van der Waals surface area contributed by atoms with E-state index in [4.69, 9.17) is 24.0 Å². The van der Waals surface area contributed by atoms with Gasteiger partial charge in [-0.3, -0.25) is 14.4 Å². The van der Waals surface area contributed by atoms with E-state index in [-0.39, 0.29) is 17.7 Å². The Hall–Kier alpha value is -5.84. The van der Waals surface area contributed by atoms with Crippen LogP contribution in [0.15, 0.2) is 60.8 Å². The number of nitrogens with zero attached hydrogens (tertiary/aromatic N) is 3. The molecule has 61 heavy (non-hydrogen) atoms. The number of carbonyl (C=O) groups is 4. The molecule has 5 aromatic rings. The van der Waals surface area contributed by atoms with Crippen LogP contribution < -0.4 is 16.0 Å². The van der Waals surface area contributed by atoms with Gasteiger partial charge in [0.1, 0.15) is 23.7 Å². The van der Waals surface area contributed by atoms with Crippen molar-refractivity contribution < 1.29 is 38.1 Å². The van der Waals surface area contributed by atoms with Crippen LogP contribution in [0.3, 0.4) is 0 Å². The molecule has 0 spiro atoms. The van der Waals surface area contributed by atoms with Crippen LogP contribution in [0.5, 0.6) is 0 Å². The SMILES string of the molecule is C1CCOCC1.CNCC(=O)NCCCCc1ncc(-c2ccc3cc(-c4ccc5nc(C6COCCN6C(=O)C(NC(=O)OC)C(C)C)[nH]c5c4)ccc3c2)[nH]1.COC=O. The van der Waals surface area contributed by atoms with Gasteiger partial charge in [0, 0.05) is 38.3 Å². The third-order valence-corrected chi connectivity index (χ3v) is 10.4. The van der Waals surface area contributed by atoms with Crippen LogP contribution in [0.1, 0.15) is 63.6 Å². The smallest absolute Gasteiger partial charge is 0.407 e. The summed E-state index contributed by atoms with van der Waals surface area (Å²) in [7, 11) is 4.35. The molecule has 2 aliphatic rings. The van der Waals surface area contributed by atoms with Gasteiger partial charge in [-0.15, -0.1) is 0 Å². The summed E-state index contributed by atoms with van der Waals surface area (Å²) in [6.07, 6.45) is 7.81. The molecule has 2 unspecified atom stereocenters. The Labute approximate surface area is 356 Å². The number of alkyl carbamates (subject to hydrolysis) is 1. The molecule has 0 aliphatic carbocycles. The molecular weight excluding hydrogens is 781 g/mol. The molecule has 2 aromatic heterocycles. The first kappa shape index (κ1) is 46.2. The van der Waals surface area contributed by atoms with Crippen molar-refractivity contribution in [2.75, 3.05) is 67.3 Å². The summed E-state index contributed by atoms with van der Waals surface area (Å²) in [5.41, 5.74) is 5.81. The van der Waals surface area contributed by atoms with Gasteiger partial charge >= 0.3 is 6.09 Å². The lowest BCUT2D eigenvalue weighted by Gasteiger charge is -2.37. The molecule has 7 rings (SSSR count). The van der Waals surface area contributed by atoms with Crippen LogP contribution in [-0.4, -0.2) is 123 Å². The van der Waals surface area contributed by atoms with Gasteiger partial charge in [-0.1, -0.05) is 44.2 Å². The van der Waals surface area contributed by atoms with Gasteiger partial charge in [0.25, 0.3) is 6.47 Å². The number of benzene rings is 3. The van der Waals surface area contributed by atoms with E-state index in [1.54, 1.807) is 11.9 Å². The Morgan fingerprint density at radius 3 is 2.28 bits per heavy atom. The lowest BCUT2D eigenvalue weighted by atomic mass is 9.99. The molecule has 0 saturated carbocycles. The summed E-state index contributed by atoms with van der Waals surface area (Å²) in [6.45, 7) is 8.23. The van der Waals surface area contributed by atoms with E-state index in [0.29, 0.717) is 45.1 Å². The Morgan fingerprint density at radius 1 is 0.918 bits per heavy atom. The second-order valence-corrected chi connectivity index (χ2v) is 15.2. The summed E-state index contributed by atoms with van der Waals surface area (Å²) in [4.78, 5) is 64.3. The van der Waals surface area contributed by atoms with Gasteiger partial charge in [0.15, 0.2) is 0 Å². The van der Waals surface area contributed by atoms with Crippen molar-refractivity contribution in [3.05, 3.63) is 72.4 Å². The average Bonchev–Trinajstić information content (AvgIpc) is 3.96. The van der Waals surface area contributed by atoms with Crippen molar-refractivity contribution in [2.45, 2.75) is 64.5 Å². The second-order valence-electron chi connectivity index (χ2n) is 15.2. The first-order valence-corrected chi connectivity index (χ1v) is 20.9. The van der Waals surface area contributed by atoms with Gasteiger partial charge in [0.2, 0.25) is 11.8 Å². The van der Waals surface area contributed by atoms with E-state index in [1.807, 2.05) is 26.1 Å². The number of amides is 3. The van der Waals surface area contributed by atoms with Gasteiger partial charge in [0.05, 0.1) is 56.9 Å². The minimum Gasteiger partial charge on any atom is -0.471 e. The fourth-order valence-corrected chi connectivity index (χ4v) is 7.12. The first-order valence-electron chi connectivity index (χ1n) is 20.9. The zero-order valence-electron chi connectivity index (χ0n) is 35.9. The molecule has 2 atom stereocenters. The molecule has 2 saturated heterocycles. The van der Waals surface area contributed by atoms with E-state index >= 15 is 0 Å². The number of aromatic nitrogens is 4. The number of likely N-dealkylation sites (N-methyl/N-ethyl adjacent to an activating group) is 1. The van der Waals surface area contributed by atoms with Gasteiger partial charge in [-0.05, 0) is 91.2 Å². The summed E-state index contributed by atoms with van der Waals surface area (Å²) < 4.78 is 19.5. The molecule has 328 valence electrons. The molecule has 16 heteroatoms. The minimum atomic E-state index is -0.735. The highest BCUT2D eigenvalue weighted by Gasteiger charge is 2.36. The number of aromatic amines is 2. The third kappa shape index (κ3) is 13.3. The summed E-state index contributed by atoms with van der Waals surface area (Å²) in [6, 6.07) is 17.8. The molecular formula is C45H60N8O8. The van der Waals surface area contributed by atoms with Crippen molar-refractivity contribution >= 4 is 46.2 Å². The number of methoxy groups -OCH3 is 2. The Balaban J connectivity index is 0.000000624. The van der Waals surface area contributed by atoms with Crippen molar-refractivity contribution in [1.82, 2.24) is 40.8 Å². The maximum Gasteiger partial charge on any atom is 0.407 e. The van der Waals surface area contributed by atoms with Crippen molar-refractivity contribution in [1.29, 1.82) is 0 Å². The maximum atomic E-state index is 13.7. The molecule has 2 fully saturated rings. The lowest BCUT2D eigenvalue weighted by Crippen LogP contribution is -2.54. The molecule has 3 amide bonds. The average molecular weight is 841 g/mol. The molecule has 2 aliphatic heterocycles. The molecule has 3 aromatic carbocycles. The number of unbranched alkanes of at least 4 members (excludes halogenated alkanes) is 1. The summed E-state index contributed by atoms with van der Waals surface area (Å²) in [5.74, 6) is 1.25. The number of hydrogen-bond donors (Lipinski definition) is 5. The second kappa shape index (κ2) is 23.8. The fourth-order valence-electron chi connectivity index (χ4n) is 7.12. The number of carbonyl (C=O) groups excluding carboxylic acids is 4. The molecule has 0 radical (unpaired) electrons. The number of ether oxygens (including phenoxy) is 4. The van der Waals surface area contributed by atoms with Gasteiger partial charge in [-0.25, -0.2) is 14.8 Å². The standard InChI is InChI=1S/C38H46N8O5.C5H10O.C2H4O2/c1-23(2)35(45-38(49)50-4)37(48)46-15-16-51-22-32(46)36-43-29-13-12-27(19-30(29)44-36)25-8-9-26-18-28(11-10-24(26)17-25)31-20-41-33(42-31)7-5-6-14-40-34(47)21-39-3;1-2-4-6-5-3-1;1-4-2-3/h8-13,17-20,23,32,35,39H,5-7,14-16,21-22H2,1-4H3,(H,40,47)(H,41,42)(H,43,44)(H,45,49);1-5H2;2H,1H3. The minimum absolute atomic E-state index is 0.0102. The molecule has 4 heterocycles. The number of morpholine rings is 1. The number of fused-ring (bicyclic) bond motifs is 2. The summed E-state index contributed by atoms with van der Waals surface area (Å²) >= 11 is 0. The zero-order chi connectivity index (χ0) is 43.6. The quantitative estimate of drug-likeness (QED) is 0.0680.